The molecule has 2 aromatic rings. The Kier molecular flexibility index (Phi) is 3.80. The zero-order valence-electron chi connectivity index (χ0n) is 11.4. The largest absolute Gasteiger partial charge is 0.333 e. The molecule has 1 heterocycles. The summed E-state index contributed by atoms with van der Waals surface area (Å²) in [7, 11) is 0. The number of rotatable bonds is 2. The molecule has 1 aliphatic rings. The average molecular weight is 275 g/mol. The Morgan fingerprint density at radius 3 is 3.00 bits per heavy atom. The van der Waals surface area contributed by atoms with Crippen LogP contribution in [0.15, 0.2) is 23.4 Å². The molecule has 1 fully saturated rings. The number of imidazole rings is 1. The van der Waals surface area contributed by atoms with Crippen molar-refractivity contribution in [2.45, 2.75) is 55.5 Å². The summed E-state index contributed by atoms with van der Waals surface area (Å²) in [5.41, 5.74) is 9.73. The predicted molar refractivity (Wildman–Crippen MR) is 81.5 cm³/mol. The van der Waals surface area contributed by atoms with Gasteiger partial charge in [0.15, 0.2) is 5.16 Å². The number of nitrogens with zero attached hydrogens (tertiary/aromatic N) is 1. The molecule has 1 aromatic heterocycles. The number of hydrogen-bond donors (Lipinski definition) is 2. The van der Waals surface area contributed by atoms with E-state index < -0.39 is 0 Å². The molecule has 1 aliphatic carbocycles. The monoisotopic (exact) mass is 275 g/mol. The van der Waals surface area contributed by atoms with Crippen LogP contribution in [-0.2, 0) is 0 Å². The van der Waals surface area contributed by atoms with Crippen molar-refractivity contribution in [2.24, 2.45) is 5.73 Å². The summed E-state index contributed by atoms with van der Waals surface area (Å²) in [6.07, 6.45) is 6.26. The molecule has 0 radical (unpaired) electrons. The molecule has 19 heavy (non-hydrogen) atoms. The van der Waals surface area contributed by atoms with E-state index in [9.17, 15) is 0 Å². The Morgan fingerprint density at radius 2 is 2.11 bits per heavy atom. The summed E-state index contributed by atoms with van der Waals surface area (Å²) in [4.78, 5) is 8.09. The highest BCUT2D eigenvalue weighted by Crippen LogP contribution is 2.31. The van der Waals surface area contributed by atoms with E-state index in [1.165, 1.54) is 31.2 Å². The number of aryl methyl sites for hydroxylation is 1. The number of benzene rings is 1. The lowest BCUT2D eigenvalue weighted by atomic mass is 10.1. The minimum atomic E-state index is 0.308. The summed E-state index contributed by atoms with van der Waals surface area (Å²) in [6.45, 7) is 2.11. The maximum Gasteiger partial charge on any atom is 0.166 e. The highest BCUT2D eigenvalue weighted by molar-refractivity contribution is 7.99. The molecular formula is C15H21N3S. The second-order valence-corrected chi connectivity index (χ2v) is 6.75. The van der Waals surface area contributed by atoms with Crippen LogP contribution in [0, 0.1) is 6.92 Å². The summed E-state index contributed by atoms with van der Waals surface area (Å²) in [5.74, 6) is 0. The minimum Gasteiger partial charge on any atom is -0.333 e. The van der Waals surface area contributed by atoms with Crippen molar-refractivity contribution >= 4 is 22.8 Å². The van der Waals surface area contributed by atoms with E-state index in [-0.39, 0.29) is 0 Å². The molecule has 0 amide bonds. The average Bonchev–Trinajstić information content (AvgIpc) is 2.66. The Hall–Kier alpha value is -1.00. The van der Waals surface area contributed by atoms with Gasteiger partial charge in [-0.1, -0.05) is 37.1 Å². The summed E-state index contributed by atoms with van der Waals surface area (Å²) in [5, 5.41) is 1.52. The zero-order valence-corrected chi connectivity index (χ0v) is 12.2. The molecule has 0 spiro atoms. The van der Waals surface area contributed by atoms with Gasteiger partial charge in [-0.05, 0) is 37.5 Å². The fraction of sp³-hybridized carbons (Fsp3) is 0.533. The van der Waals surface area contributed by atoms with Crippen LogP contribution in [0.2, 0.25) is 0 Å². The molecule has 0 saturated heterocycles. The topological polar surface area (TPSA) is 54.7 Å². The van der Waals surface area contributed by atoms with Crippen molar-refractivity contribution in [3.05, 3.63) is 23.8 Å². The first-order chi connectivity index (χ1) is 9.22. The van der Waals surface area contributed by atoms with E-state index in [0.29, 0.717) is 11.3 Å². The molecule has 1 aromatic carbocycles. The van der Waals surface area contributed by atoms with E-state index in [4.69, 9.17) is 5.73 Å². The first-order valence-electron chi connectivity index (χ1n) is 7.11. The van der Waals surface area contributed by atoms with Crippen molar-refractivity contribution in [3.63, 3.8) is 0 Å². The van der Waals surface area contributed by atoms with Gasteiger partial charge in [0.1, 0.15) is 0 Å². The smallest absolute Gasteiger partial charge is 0.166 e. The van der Waals surface area contributed by atoms with Gasteiger partial charge in [-0.2, -0.15) is 0 Å². The number of H-pyrrole nitrogens is 1. The van der Waals surface area contributed by atoms with E-state index in [1.54, 1.807) is 0 Å². The number of fused-ring (bicyclic) bond motifs is 1. The standard InChI is InChI=1S/C15H21N3S/c1-10-7-8-12-13(9-10)18-15(17-12)19-14-6-4-2-3-5-11(14)16/h7-9,11,14H,2-6,16H2,1H3,(H,17,18). The molecule has 0 aliphatic heterocycles. The van der Waals surface area contributed by atoms with Crippen LogP contribution in [-0.4, -0.2) is 21.3 Å². The summed E-state index contributed by atoms with van der Waals surface area (Å²) >= 11 is 1.83. The number of nitrogens with two attached hydrogens (primary N) is 1. The first kappa shape index (κ1) is 13.0. The van der Waals surface area contributed by atoms with Crippen LogP contribution in [0.3, 0.4) is 0 Å². The van der Waals surface area contributed by atoms with Gasteiger partial charge < -0.3 is 10.7 Å². The minimum absolute atomic E-state index is 0.308. The number of aromatic amines is 1. The molecule has 3 nitrogen and oxygen atoms in total. The third-order valence-electron chi connectivity index (χ3n) is 3.88. The SMILES string of the molecule is Cc1ccc2nc(SC3CCCCCC3N)[nH]c2c1. The van der Waals surface area contributed by atoms with Gasteiger partial charge in [0.2, 0.25) is 0 Å². The van der Waals surface area contributed by atoms with Gasteiger partial charge in [-0.15, -0.1) is 0 Å². The van der Waals surface area contributed by atoms with Gasteiger partial charge >= 0.3 is 0 Å². The summed E-state index contributed by atoms with van der Waals surface area (Å²) in [6, 6.07) is 6.65. The quantitative estimate of drug-likeness (QED) is 0.823. The van der Waals surface area contributed by atoms with Crippen LogP contribution in [0.25, 0.3) is 11.0 Å². The molecule has 102 valence electrons. The molecule has 0 bridgehead atoms. The van der Waals surface area contributed by atoms with Crippen molar-refractivity contribution < 1.29 is 0 Å². The Labute approximate surface area is 118 Å². The van der Waals surface area contributed by atoms with Gasteiger partial charge in [0.25, 0.3) is 0 Å². The summed E-state index contributed by atoms with van der Waals surface area (Å²) < 4.78 is 0. The lowest BCUT2D eigenvalue weighted by Gasteiger charge is -2.19. The van der Waals surface area contributed by atoms with Crippen molar-refractivity contribution in [1.82, 2.24) is 9.97 Å². The number of nitrogens with one attached hydrogen (secondary N) is 1. The third kappa shape index (κ3) is 2.95. The third-order valence-corrected chi connectivity index (χ3v) is 5.19. The Bertz CT molecular complexity index is 564. The maximum absolute atomic E-state index is 6.28. The van der Waals surface area contributed by atoms with E-state index in [0.717, 1.165) is 22.6 Å². The fourth-order valence-corrected chi connectivity index (χ4v) is 3.95. The first-order valence-corrected chi connectivity index (χ1v) is 7.99. The van der Waals surface area contributed by atoms with Crippen molar-refractivity contribution in [3.8, 4) is 0 Å². The highest BCUT2D eigenvalue weighted by atomic mass is 32.2. The lowest BCUT2D eigenvalue weighted by molar-refractivity contribution is 0.595. The van der Waals surface area contributed by atoms with Crippen LogP contribution in [0.5, 0.6) is 0 Å². The van der Waals surface area contributed by atoms with E-state index >= 15 is 0 Å². The lowest BCUT2D eigenvalue weighted by Crippen LogP contribution is -2.31. The normalized spacial score (nSPS) is 24.5. The van der Waals surface area contributed by atoms with Gasteiger partial charge in [-0.3, -0.25) is 0 Å². The van der Waals surface area contributed by atoms with E-state index in [2.05, 4.69) is 35.1 Å². The maximum atomic E-state index is 6.28. The highest BCUT2D eigenvalue weighted by Gasteiger charge is 2.22. The van der Waals surface area contributed by atoms with Crippen LogP contribution < -0.4 is 5.73 Å². The Morgan fingerprint density at radius 1 is 1.26 bits per heavy atom. The second kappa shape index (κ2) is 5.55. The number of thioether (sulfide) groups is 1. The predicted octanol–water partition coefficient (Wildman–Crippen LogP) is 3.62. The van der Waals surface area contributed by atoms with Crippen molar-refractivity contribution in [2.75, 3.05) is 0 Å². The molecular weight excluding hydrogens is 254 g/mol. The second-order valence-electron chi connectivity index (χ2n) is 5.52. The Balaban J connectivity index is 1.80. The number of aromatic nitrogens is 2. The molecule has 3 N–H and O–H groups in total. The molecule has 1 saturated carbocycles. The van der Waals surface area contributed by atoms with Gasteiger partial charge in [0, 0.05) is 11.3 Å². The molecule has 3 rings (SSSR count). The molecule has 2 atom stereocenters. The zero-order chi connectivity index (χ0) is 13.2. The van der Waals surface area contributed by atoms with Crippen LogP contribution in [0.1, 0.15) is 37.7 Å². The fourth-order valence-electron chi connectivity index (χ4n) is 2.75. The van der Waals surface area contributed by atoms with Crippen LogP contribution >= 0.6 is 11.8 Å². The van der Waals surface area contributed by atoms with Crippen LogP contribution in [0.4, 0.5) is 0 Å². The molecule has 4 heteroatoms. The molecule has 2 unspecified atom stereocenters. The van der Waals surface area contributed by atoms with E-state index in [1.807, 2.05) is 11.8 Å². The van der Waals surface area contributed by atoms with Gasteiger partial charge in [0.05, 0.1) is 11.0 Å². The number of hydrogen-bond acceptors (Lipinski definition) is 3. The van der Waals surface area contributed by atoms with Gasteiger partial charge in [-0.25, -0.2) is 4.98 Å². The van der Waals surface area contributed by atoms with Crippen molar-refractivity contribution in [1.29, 1.82) is 0 Å².